The van der Waals surface area contributed by atoms with Gasteiger partial charge in [-0.25, -0.2) is 0 Å². The molecular formula is C27H43N3O4S. The molecule has 3 rings (SSSR count). The first-order valence-corrected chi connectivity index (χ1v) is 13.6. The lowest BCUT2D eigenvalue weighted by atomic mass is 9.66. The lowest BCUT2D eigenvalue weighted by Crippen LogP contribution is -2.60. The van der Waals surface area contributed by atoms with Gasteiger partial charge in [0.25, 0.3) is 0 Å². The Morgan fingerprint density at radius 2 is 1.86 bits per heavy atom. The highest BCUT2D eigenvalue weighted by Gasteiger charge is 2.78. The van der Waals surface area contributed by atoms with Gasteiger partial charge in [0, 0.05) is 29.9 Å². The van der Waals surface area contributed by atoms with Gasteiger partial charge in [0.2, 0.25) is 17.7 Å². The SMILES string of the molecule is C=CCN(CCC)C(=O)[C@H]1[C@H]2C(=O)N([C@H](C)CO)C(C(=O)N(CC=C)C(C)(C)C)C23CC[C@]1(C)S3. The number of likely N-dealkylation sites (tertiary alicyclic amines) is 1. The van der Waals surface area contributed by atoms with Crippen molar-refractivity contribution in [1.29, 1.82) is 0 Å². The standard InChI is InChI=1S/C27H43N3O4S/c1-9-14-28(15-10-2)22(32)19-20-23(33)30(18(4)17-31)21(27(20)13-12-26(19,8)35-27)24(34)29(16-11-3)25(5,6)7/h9,11,18-21,31H,1,3,10,12-17H2,2,4-8H3/t18-,19-,20+,21?,26+,27?/m1/s1. The van der Waals surface area contributed by atoms with Gasteiger partial charge in [0.05, 0.1) is 29.2 Å². The second-order valence-electron chi connectivity index (χ2n) is 11.5. The summed E-state index contributed by atoms with van der Waals surface area (Å²) in [6.07, 6.45) is 5.72. The van der Waals surface area contributed by atoms with E-state index in [-0.39, 0.29) is 24.3 Å². The molecule has 3 saturated heterocycles. The zero-order chi connectivity index (χ0) is 26.3. The maximum absolute atomic E-state index is 14.3. The van der Waals surface area contributed by atoms with Gasteiger partial charge in [-0.1, -0.05) is 19.1 Å². The van der Waals surface area contributed by atoms with Crippen LogP contribution in [0.4, 0.5) is 0 Å². The van der Waals surface area contributed by atoms with E-state index in [1.54, 1.807) is 45.5 Å². The van der Waals surface area contributed by atoms with Gasteiger partial charge in [0.15, 0.2) is 0 Å². The molecule has 196 valence electrons. The van der Waals surface area contributed by atoms with E-state index in [0.717, 1.165) is 12.8 Å². The number of aliphatic hydroxyl groups excluding tert-OH is 1. The van der Waals surface area contributed by atoms with Gasteiger partial charge in [-0.3, -0.25) is 14.4 Å². The average Bonchev–Trinajstić information content (AvgIpc) is 3.36. The van der Waals surface area contributed by atoms with Crippen LogP contribution >= 0.6 is 11.8 Å². The first-order valence-electron chi connectivity index (χ1n) is 12.8. The molecule has 6 atom stereocenters. The second kappa shape index (κ2) is 9.92. The molecule has 3 aliphatic rings. The van der Waals surface area contributed by atoms with Crippen molar-refractivity contribution < 1.29 is 19.5 Å². The zero-order valence-electron chi connectivity index (χ0n) is 22.2. The fraction of sp³-hybridized carbons (Fsp3) is 0.741. The predicted molar refractivity (Wildman–Crippen MR) is 141 cm³/mol. The minimum Gasteiger partial charge on any atom is -0.394 e. The summed E-state index contributed by atoms with van der Waals surface area (Å²) >= 11 is 1.67. The molecule has 35 heavy (non-hydrogen) atoms. The first kappa shape index (κ1) is 27.8. The third kappa shape index (κ3) is 4.35. The van der Waals surface area contributed by atoms with Gasteiger partial charge in [-0.15, -0.1) is 24.9 Å². The van der Waals surface area contributed by atoms with Gasteiger partial charge in [0.1, 0.15) is 6.04 Å². The highest BCUT2D eigenvalue weighted by atomic mass is 32.2. The number of rotatable bonds is 10. The minimum absolute atomic E-state index is 0.0230. The fourth-order valence-corrected chi connectivity index (χ4v) is 8.80. The number of fused-ring (bicyclic) bond motifs is 1. The Morgan fingerprint density at radius 1 is 1.23 bits per heavy atom. The highest BCUT2D eigenvalue weighted by molar-refractivity contribution is 8.02. The Balaban J connectivity index is 2.14. The summed E-state index contributed by atoms with van der Waals surface area (Å²) in [6, 6.07) is -1.25. The summed E-state index contributed by atoms with van der Waals surface area (Å²) in [5.74, 6) is -1.42. The molecule has 1 spiro atoms. The molecule has 0 aromatic carbocycles. The number of carbonyl (C=O) groups excluding carboxylic acids is 3. The molecule has 1 N–H and O–H groups in total. The lowest BCUT2D eigenvalue weighted by Gasteiger charge is -2.43. The third-order valence-corrected chi connectivity index (χ3v) is 9.98. The number of amides is 3. The van der Waals surface area contributed by atoms with Crippen molar-refractivity contribution in [3.05, 3.63) is 25.3 Å². The molecule has 0 aromatic heterocycles. The van der Waals surface area contributed by atoms with E-state index < -0.39 is 39.0 Å². The van der Waals surface area contributed by atoms with Crippen LogP contribution in [0.3, 0.4) is 0 Å². The van der Waals surface area contributed by atoms with Gasteiger partial charge in [-0.2, -0.15) is 0 Å². The van der Waals surface area contributed by atoms with Crippen molar-refractivity contribution in [2.45, 2.75) is 87.9 Å². The molecule has 8 heteroatoms. The van der Waals surface area contributed by atoms with Crippen LogP contribution in [0.1, 0.15) is 60.8 Å². The van der Waals surface area contributed by atoms with E-state index in [1.165, 1.54) is 0 Å². The fourth-order valence-electron chi connectivity index (χ4n) is 6.47. The van der Waals surface area contributed by atoms with E-state index in [2.05, 4.69) is 20.1 Å². The molecule has 0 aliphatic carbocycles. The van der Waals surface area contributed by atoms with Crippen molar-refractivity contribution >= 4 is 29.5 Å². The summed E-state index contributed by atoms with van der Waals surface area (Å²) in [6.45, 7) is 20.7. The molecule has 0 aromatic rings. The molecule has 3 heterocycles. The van der Waals surface area contributed by atoms with Crippen LogP contribution in [0.15, 0.2) is 25.3 Å². The Hall–Kier alpha value is -1.80. The number of hydrogen-bond donors (Lipinski definition) is 1. The van der Waals surface area contributed by atoms with E-state index in [0.29, 0.717) is 26.1 Å². The molecular weight excluding hydrogens is 462 g/mol. The molecule has 3 fully saturated rings. The quantitative estimate of drug-likeness (QED) is 0.462. The number of thioether (sulfide) groups is 1. The maximum atomic E-state index is 14.3. The minimum atomic E-state index is -0.732. The normalized spacial score (nSPS) is 32.4. The van der Waals surface area contributed by atoms with E-state index in [1.807, 2.05) is 27.7 Å². The van der Waals surface area contributed by atoms with Crippen LogP contribution < -0.4 is 0 Å². The molecule has 0 saturated carbocycles. The Morgan fingerprint density at radius 3 is 2.37 bits per heavy atom. The Kier molecular flexibility index (Phi) is 7.88. The van der Waals surface area contributed by atoms with Crippen molar-refractivity contribution in [2.24, 2.45) is 11.8 Å². The van der Waals surface area contributed by atoms with Crippen LogP contribution in [0, 0.1) is 11.8 Å². The largest absolute Gasteiger partial charge is 0.394 e. The molecule has 0 radical (unpaired) electrons. The summed E-state index contributed by atoms with van der Waals surface area (Å²) in [5, 5.41) is 10.1. The number of carbonyl (C=O) groups is 3. The Labute approximate surface area is 215 Å². The number of hydrogen-bond acceptors (Lipinski definition) is 5. The van der Waals surface area contributed by atoms with E-state index in [9.17, 15) is 19.5 Å². The zero-order valence-corrected chi connectivity index (χ0v) is 23.1. The molecule has 3 amide bonds. The summed E-state index contributed by atoms with van der Waals surface area (Å²) in [4.78, 5) is 47.6. The van der Waals surface area contributed by atoms with Gasteiger partial charge >= 0.3 is 0 Å². The number of aliphatic hydroxyl groups is 1. The van der Waals surface area contributed by atoms with Crippen LogP contribution in [-0.4, -0.2) is 90.9 Å². The lowest BCUT2D eigenvalue weighted by molar-refractivity contribution is -0.148. The molecule has 3 aliphatic heterocycles. The Bertz CT molecular complexity index is 886. The average molecular weight is 506 g/mol. The predicted octanol–water partition coefficient (Wildman–Crippen LogP) is 3.09. The van der Waals surface area contributed by atoms with Crippen molar-refractivity contribution in [1.82, 2.24) is 14.7 Å². The van der Waals surface area contributed by atoms with Crippen molar-refractivity contribution in [2.75, 3.05) is 26.2 Å². The molecule has 2 unspecified atom stereocenters. The van der Waals surface area contributed by atoms with Gasteiger partial charge in [-0.05, 0) is 53.9 Å². The molecule has 7 nitrogen and oxygen atoms in total. The van der Waals surface area contributed by atoms with Gasteiger partial charge < -0.3 is 19.8 Å². The van der Waals surface area contributed by atoms with Crippen molar-refractivity contribution in [3.63, 3.8) is 0 Å². The van der Waals surface area contributed by atoms with Crippen LogP contribution in [-0.2, 0) is 14.4 Å². The molecule has 2 bridgehead atoms. The maximum Gasteiger partial charge on any atom is 0.247 e. The van der Waals surface area contributed by atoms with E-state index >= 15 is 0 Å². The smallest absolute Gasteiger partial charge is 0.247 e. The van der Waals surface area contributed by atoms with Crippen LogP contribution in [0.5, 0.6) is 0 Å². The van der Waals surface area contributed by atoms with Crippen LogP contribution in [0.2, 0.25) is 0 Å². The summed E-state index contributed by atoms with van der Waals surface area (Å²) in [7, 11) is 0. The second-order valence-corrected chi connectivity index (χ2v) is 13.4. The van der Waals surface area contributed by atoms with E-state index in [4.69, 9.17) is 0 Å². The summed E-state index contributed by atoms with van der Waals surface area (Å²) in [5.41, 5.74) is -0.473. The topological polar surface area (TPSA) is 81.2 Å². The summed E-state index contributed by atoms with van der Waals surface area (Å²) < 4.78 is -1.11. The first-order chi connectivity index (χ1) is 16.3. The number of nitrogens with zero attached hydrogens (tertiary/aromatic N) is 3. The third-order valence-electron chi connectivity index (χ3n) is 8.00. The van der Waals surface area contributed by atoms with Crippen molar-refractivity contribution in [3.8, 4) is 0 Å². The monoisotopic (exact) mass is 505 g/mol. The van der Waals surface area contributed by atoms with Crippen LogP contribution in [0.25, 0.3) is 0 Å². The highest BCUT2D eigenvalue weighted by Crippen LogP contribution is 2.72.